The van der Waals surface area contributed by atoms with Crippen molar-refractivity contribution in [2.24, 2.45) is 10.9 Å². The average Bonchev–Trinajstić information content (AvgIpc) is 2.46. The van der Waals surface area contributed by atoms with Gasteiger partial charge in [-0.1, -0.05) is 45.4 Å². The maximum Gasteiger partial charge on any atom is 0.170 e. The summed E-state index contributed by atoms with van der Waals surface area (Å²) >= 11 is 3.37. The maximum atomic E-state index is 8.75. The van der Waals surface area contributed by atoms with E-state index in [4.69, 9.17) is 15.7 Å². The fourth-order valence-electron chi connectivity index (χ4n) is 1.64. The van der Waals surface area contributed by atoms with E-state index in [-0.39, 0.29) is 5.84 Å². The van der Waals surface area contributed by atoms with E-state index in [0.717, 1.165) is 15.8 Å². The van der Waals surface area contributed by atoms with Gasteiger partial charge in [-0.25, -0.2) is 0 Å². The molecule has 0 aromatic heterocycles. The average molecular weight is 321 g/mol. The molecule has 0 bridgehead atoms. The second-order valence-electron chi connectivity index (χ2n) is 3.88. The quantitative estimate of drug-likeness (QED) is 0.393. The highest BCUT2D eigenvalue weighted by Crippen LogP contribution is 2.18. The lowest BCUT2D eigenvalue weighted by Crippen LogP contribution is -2.16. The summed E-state index contributed by atoms with van der Waals surface area (Å²) in [5.41, 5.74) is 7.15. The van der Waals surface area contributed by atoms with Crippen LogP contribution < -0.4 is 10.5 Å². The van der Waals surface area contributed by atoms with Crippen LogP contribution in [-0.4, -0.2) is 11.0 Å². The SMILES string of the molecule is N/C(=N\O)c1ccccc1COc1ccc(Br)cc1. The molecule has 0 unspecified atom stereocenters. The molecule has 4 nitrogen and oxygen atoms in total. The van der Waals surface area contributed by atoms with Crippen LogP contribution in [0.5, 0.6) is 5.75 Å². The number of benzene rings is 2. The second-order valence-corrected chi connectivity index (χ2v) is 4.80. The molecule has 0 atom stereocenters. The van der Waals surface area contributed by atoms with Crippen LogP contribution in [0.25, 0.3) is 0 Å². The van der Waals surface area contributed by atoms with Gasteiger partial charge in [0, 0.05) is 15.6 Å². The zero-order chi connectivity index (χ0) is 13.7. The van der Waals surface area contributed by atoms with Crippen molar-refractivity contribution < 1.29 is 9.94 Å². The van der Waals surface area contributed by atoms with E-state index in [1.54, 1.807) is 6.07 Å². The largest absolute Gasteiger partial charge is 0.489 e. The van der Waals surface area contributed by atoms with Crippen LogP contribution in [0.1, 0.15) is 11.1 Å². The van der Waals surface area contributed by atoms with Crippen molar-refractivity contribution in [2.45, 2.75) is 6.61 Å². The van der Waals surface area contributed by atoms with Crippen LogP contribution in [0.3, 0.4) is 0 Å². The molecule has 0 spiro atoms. The smallest absolute Gasteiger partial charge is 0.170 e. The topological polar surface area (TPSA) is 67.8 Å². The summed E-state index contributed by atoms with van der Waals surface area (Å²) in [6.07, 6.45) is 0. The first-order valence-corrected chi connectivity index (χ1v) is 6.44. The number of oxime groups is 1. The molecule has 0 radical (unpaired) electrons. The highest BCUT2D eigenvalue weighted by molar-refractivity contribution is 9.10. The Labute approximate surface area is 119 Å². The molecule has 0 fully saturated rings. The number of nitrogens with two attached hydrogens (primary N) is 1. The molecular weight excluding hydrogens is 308 g/mol. The highest BCUT2D eigenvalue weighted by atomic mass is 79.9. The third-order valence-corrected chi connectivity index (χ3v) is 3.14. The van der Waals surface area contributed by atoms with E-state index < -0.39 is 0 Å². The molecule has 2 aromatic rings. The fourth-order valence-corrected chi connectivity index (χ4v) is 1.91. The summed E-state index contributed by atoms with van der Waals surface area (Å²) in [6, 6.07) is 14.9. The first kappa shape index (κ1) is 13.4. The fraction of sp³-hybridized carbons (Fsp3) is 0.0714. The van der Waals surface area contributed by atoms with Crippen molar-refractivity contribution >= 4 is 21.8 Å². The number of hydrogen-bond acceptors (Lipinski definition) is 3. The Hall–Kier alpha value is -2.01. The molecule has 2 aromatic carbocycles. The van der Waals surface area contributed by atoms with Crippen molar-refractivity contribution in [2.75, 3.05) is 0 Å². The first-order valence-electron chi connectivity index (χ1n) is 5.65. The Bertz CT molecular complexity index is 582. The Balaban J connectivity index is 2.13. The predicted molar refractivity (Wildman–Crippen MR) is 77.4 cm³/mol. The molecular formula is C14H13BrN2O2. The van der Waals surface area contributed by atoms with Crippen LogP contribution in [0.15, 0.2) is 58.2 Å². The highest BCUT2D eigenvalue weighted by Gasteiger charge is 2.06. The van der Waals surface area contributed by atoms with Crippen molar-refractivity contribution in [1.82, 2.24) is 0 Å². The summed E-state index contributed by atoms with van der Waals surface area (Å²) in [6.45, 7) is 0.355. The van der Waals surface area contributed by atoms with E-state index in [1.807, 2.05) is 42.5 Å². The van der Waals surface area contributed by atoms with Gasteiger partial charge in [0.2, 0.25) is 0 Å². The van der Waals surface area contributed by atoms with Gasteiger partial charge in [-0.3, -0.25) is 0 Å². The lowest BCUT2D eigenvalue weighted by molar-refractivity contribution is 0.305. The molecule has 19 heavy (non-hydrogen) atoms. The van der Waals surface area contributed by atoms with Gasteiger partial charge >= 0.3 is 0 Å². The minimum atomic E-state index is 0.0787. The minimum Gasteiger partial charge on any atom is -0.489 e. The van der Waals surface area contributed by atoms with Gasteiger partial charge in [0.25, 0.3) is 0 Å². The van der Waals surface area contributed by atoms with Gasteiger partial charge < -0.3 is 15.7 Å². The Morgan fingerprint density at radius 3 is 2.53 bits per heavy atom. The zero-order valence-electron chi connectivity index (χ0n) is 10.1. The first-order chi connectivity index (χ1) is 9.20. The molecule has 98 valence electrons. The van der Waals surface area contributed by atoms with Gasteiger partial charge in [-0.15, -0.1) is 0 Å². The number of rotatable bonds is 4. The molecule has 2 rings (SSSR count). The number of hydrogen-bond donors (Lipinski definition) is 2. The molecule has 0 saturated heterocycles. The predicted octanol–water partition coefficient (Wildman–Crippen LogP) is 3.12. The van der Waals surface area contributed by atoms with Crippen molar-refractivity contribution in [3.8, 4) is 5.75 Å². The van der Waals surface area contributed by atoms with Gasteiger partial charge in [0.05, 0.1) is 0 Å². The summed E-state index contributed by atoms with van der Waals surface area (Å²) in [4.78, 5) is 0. The molecule has 0 heterocycles. The third-order valence-electron chi connectivity index (χ3n) is 2.61. The van der Waals surface area contributed by atoms with Gasteiger partial charge in [-0.05, 0) is 24.3 Å². The molecule has 3 N–H and O–H groups in total. The lowest BCUT2D eigenvalue weighted by atomic mass is 10.1. The van der Waals surface area contributed by atoms with Gasteiger partial charge in [-0.2, -0.15) is 0 Å². The van der Waals surface area contributed by atoms with Crippen molar-refractivity contribution in [1.29, 1.82) is 0 Å². The third kappa shape index (κ3) is 3.48. The number of amidine groups is 1. The van der Waals surface area contributed by atoms with E-state index in [9.17, 15) is 0 Å². The van der Waals surface area contributed by atoms with Crippen molar-refractivity contribution in [3.05, 3.63) is 64.1 Å². The normalized spacial score (nSPS) is 11.3. The summed E-state index contributed by atoms with van der Waals surface area (Å²) in [5, 5.41) is 11.8. The van der Waals surface area contributed by atoms with Crippen LogP contribution in [-0.2, 0) is 6.61 Å². The van der Waals surface area contributed by atoms with Crippen LogP contribution >= 0.6 is 15.9 Å². The maximum absolute atomic E-state index is 8.75. The standard InChI is InChI=1S/C14H13BrN2O2/c15-11-5-7-12(8-6-11)19-9-10-3-1-2-4-13(10)14(16)17-18/h1-8,18H,9H2,(H2,16,17). The zero-order valence-corrected chi connectivity index (χ0v) is 11.7. The molecule has 5 heteroatoms. The molecule has 0 amide bonds. The summed E-state index contributed by atoms with van der Waals surface area (Å²) < 4.78 is 6.67. The summed E-state index contributed by atoms with van der Waals surface area (Å²) in [5.74, 6) is 0.840. The molecule has 0 aliphatic heterocycles. The Morgan fingerprint density at radius 2 is 1.84 bits per heavy atom. The minimum absolute atomic E-state index is 0.0787. The Morgan fingerprint density at radius 1 is 1.16 bits per heavy atom. The number of nitrogens with zero attached hydrogens (tertiary/aromatic N) is 1. The van der Waals surface area contributed by atoms with E-state index in [0.29, 0.717) is 12.2 Å². The number of halogens is 1. The van der Waals surface area contributed by atoms with Crippen LogP contribution in [0.4, 0.5) is 0 Å². The summed E-state index contributed by atoms with van der Waals surface area (Å²) in [7, 11) is 0. The molecule has 0 saturated carbocycles. The van der Waals surface area contributed by atoms with E-state index >= 15 is 0 Å². The lowest BCUT2D eigenvalue weighted by Gasteiger charge is -2.10. The monoisotopic (exact) mass is 320 g/mol. The van der Waals surface area contributed by atoms with E-state index in [1.165, 1.54) is 0 Å². The number of ether oxygens (including phenoxy) is 1. The molecule has 0 aliphatic rings. The van der Waals surface area contributed by atoms with Gasteiger partial charge in [0.15, 0.2) is 5.84 Å². The van der Waals surface area contributed by atoms with Gasteiger partial charge in [0.1, 0.15) is 12.4 Å². The van der Waals surface area contributed by atoms with Crippen LogP contribution in [0.2, 0.25) is 0 Å². The van der Waals surface area contributed by atoms with Crippen LogP contribution in [0, 0.1) is 0 Å². The van der Waals surface area contributed by atoms with Crippen molar-refractivity contribution in [3.63, 3.8) is 0 Å². The molecule has 0 aliphatic carbocycles. The van der Waals surface area contributed by atoms with E-state index in [2.05, 4.69) is 21.1 Å². The second kappa shape index (κ2) is 6.24. The Kier molecular flexibility index (Phi) is 4.41.